The van der Waals surface area contributed by atoms with Crippen LogP contribution in [0, 0.1) is 22.5 Å². The Balaban J connectivity index is 1.26. The lowest BCUT2D eigenvalue weighted by atomic mass is 9.83. The van der Waals surface area contributed by atoms with Gasteiger partial charge in [0.25, 0.3) is 17.6 Å². The van der Waals surface area contributed by atoms with Crippen molar-refractivity contribution in [1.82, 2.24) is 25.0 Å². The van der Waals surface area contributed by atoms with Gasteiger partial charge in [-0.1, -0.05) is 0 Å². The summed E-state index contributed by atoms with van der Waals surface area (Å²) in [6, 6.07) is 5.43. The first-order valence-corrected chi connectivity index (χ1v) is 13.5. The van der Waals surface area contributed by atoms with Crippen molar-refractivity contribution in [1.29, 1.82) is 0 Å². The summed E-state index contributed by atoms with van der Waals surface area (Å²) >= 11 is 0. The Bertz CT molecular complexity index is 1730. The van der Waals surface area contributed by atoms with Crippen LogP contribution < -0.4 is 14.9 Å². The molecule has 2 amide bonds. The lowest BCUT2D eigenvalue weighted by Crippen LogP contribution is -2.35. The average Bonchev–Trinajstić information content (AvgIpc) is 3.59. The minimum Gasteiger partial charge on any atom is -0.490 e. The second kappa shape index (κ2) is 10.8. The fourth-order valence-electron chi connectivity index (χ4n) is 4.92. The van der Waals surface area contributed by atoms with E-state index in [1.54, 1.807) is 27.7 Å². The number of hydrazone groups is 2. The van der Waals surface area contributed by atoms with Crippen LogP contribution in [0.25, 0.3) is 5.65 Å². The molecule has 0 saturated carbocycles. The third kappa shape index (κ3) is 5.11. The number of nitrogens with zero attached hydrogens (tertiary/aromatic N) is 6. The zero-order valence-electron chi connectivity index (χ0n) is 24.3. The fraction of sp³-hybridized carbons (Fsp3) is 0.429. The molecule has 2 aromatic heterocycles. The van der Waals surface area contributed by atoms with Gasteiger partial charge in [-0.3, -0.25) is 9.59 Å². The van der Waals surface area contributed by atoms with E-state index in [0.717, 1.165) is 4.52 Å². The molecule has 5 rings (SSSR count). The van der Waals surface area contributed by atoms with Crippen LogP contribution in [0.5, 0.6) is 11.6 Å². The van der Waals surface area contributed by atoms with E-state index in [-0.39, 0.29) is 58.9 Å². The second-order valence-electron chi connectivity index (χ2n) is 11.3. The fourth-order valence-corrected chi connectivity index (χ4v) is 4.92. The molecule has 0 unspecified atom stereocenters. The number of ether oxygens (including phenoxy) is 2. The van der Waals surface area contributed by atoms with Crippen LogP contribution in [0.15, 0.2) is 34.5 Å². The summed E-state index contributed by atoms with van der Waals surface area (Å²) in [5.41, 5.74) is 0.0730. The van der Waals surface area contributed by atoms with Crippen LogP contribution >= 0.6 is 0 Å². The molecule has 0 spiro atoms. The highest BCUT2D eigenvalue weighted by atomic mass is 19.4. The van der Waals surface area contributed by atoms with Gasteiger partial charge in [-0.2, -0.15) is 32.3 Å². The van der Waals surface area contributed by atoms with E-state index < -0.39 is 40.4 Å². The molecule has 16 heteroatoms. The molecule has 3 aromatic rings. The summed E-state index contributed by atoms with van der Waals surface area (Å²) in [5.74, 6) is -4.91. The Hall–Kier alpha value is -4.63. The van der Waals surface area contributed by atoms with Gasteiger partial charge in [0.15, 0.2) is 17.2 Å². The molecule has 1 aromatic carbocycles. The molecule has 1 N–H and O–H groups in total. The number of methoxy groups -OCH3 is 1. The largest absolute Gasteiger partial charge is 0.490 e. The maximum Gasteiger partial charge on any atom is 0.453 e. The quantitative estimate of drug-likeness (QED) is 0.281. The SMILES string of the molecule is COc1ccc(C2=NN(CCCCOc3ccc(C4=NNC(=O)C4(C)C)c(F)c3F)C(=O)C2(C)C)c2nc(C(F)(F)F)nn12. The van der Waals surface area contributed by atoms with Gasteiger partial charge in [-0.25, -0.2) is 19.8 Å². The van der Waals surface area contributed by atoms with Gasteiger partial charge in [0.2, 0.25) is 11.7 Å². The zero-order valence-corrected chi connectivity index (χ0v) is 24.3. The highest BCUT2D eigenvalue weighted by molar-refractivity contribution is 6.21. The summed E-state index contributed by atoms with van der Waals surface area (Å²) in [4.78, 5) is 28.8. The van der Waals surface area contributed by atoms with E-state index in [9.17, 15) is 31.5 Å². The smallest absolute Gasteiger partial charge is 0.453 e. The predicted molar refractivity (Wildman–Crippen MR) is 146 cm³/mol. The van der Waals surface area contributed by atoms with Crippen LogP contribution in [0.1, 0.15) is 57.5 Å². The molecule has 0 bridgehead atoms. The Morgan fingerprint density at radius 3 is 2.27 bits per heavy atom. The average molecular weight is 622 g/mol. The van der Waals surface area contributed by atoms with E-state index in [1.165, 1.54) is 36.4 Å². The van der Waals surface area contributed by atoms with Crippen molar-refractivity contribution in [2.45, 2.75) is 46.7 Å². The summed E-state index contributed by atoms with van der Waals surface area (Å²) in [6.45, 7) is 6.42. The number of fused-ring (bicyclic) bond motifs is 1. The number of halogens is 5. The van der Waals surface area contributed by atoms with E-state index in [1.807, 2.05) is 0 Å². The van der Waals surface area contributed by atoms with Gasteiger partial charge in [0, 0.05) is 23.7 Å². The first-order chi connectivity index (χ1) is 20.6. The van der Waals surface area contributed by atoms with Crippen molar-refractivity contribution < 1.29 is 41.0 Å². The summed E-state index contributed by atoms with van der Waals surface area (Å²) in [6.07, 6.45) is -4.11. The number of unbranched alkanes of at least 4 members (excludes halogenated alkanes) is 1. The molecule has 44 heavy (non-hydrogen) atoms. The molecule has 0 saturated heterocycles. The van der Waals surface area contributed by atoms with Crippen molar-refractivity contribution in [3.63, 3.8) is 0 Å². The van der Waals surface area contributed by atoms with Gasteiger partial charge < -0.3 is 9.47 Å². The lowest BCUT2D eigenvalue weighted by molar-refractivity contribution is -0.144. The summed E-state index contributed by atoms with van der Waals surface area (Å²) < 4.78 is 81.2. The third-order valence-electron chi connectivity index (χ3n) is 7.50. The maximum atomic E-state index is 14.8. The number of rotatable bonds is 9. The highest BCUT2D eigenvalue weighted by Crippen LogP contribution is 2.36. The first-order valence-electron chi connectivity index (χ1n) is 13.5. The summed E-state index contributed by atoms with van der Waals surface area (Å²) in [7, 11) is 1.28. The van der Waals surface area contributed by atoms with Gasteiger partial charge in [0.1, 0.15) is 0 Å². The number of hydrogen-bond acceptors (Lipinski definition) is 8. The second-order valence-corrected chi connectivity index (χ2v) is 11.3. The van der Waals surface area contributed by atoms with Crippen molar-refractivity contribution >= 4 is 28.9 Å². The standard InChI is InChI=1S/C28H28F5N7O4/c1-26(2)20(35-36-24(26)41)14-8-10-16(19(30)18(14)29)44-13-7-6-12-39-25(42)27(3,4)21(37-39)15-9-11-17(43-5)40-22(15)34-23(38-40)28(31,32)33/h8-11H,6-7,12-13H2,1-5H3,(H,36,41). The molecule has 4 heterocycles. The summed E-state index contributed by atoms with van der Waals surface area (Å²) in [5, 5.41) is 13.0. The van der Waals surface area contributed by atoms with E-state index in [0.29, 0.717) is 12.8 Å². The number of alkyl halides is 3. The van der Waals surface area contributed by atoms with Crippen molar-refractivity contribution in [3.05, 3.63) is 52.9 Å². The number of benzene rings is 1. The zero-order chi connectivity index (χ0) is 32.2. The predicted octanol–water partition coefficient (Wildman–Crippen LogP) is 4.33. The van der Waals surface area contributed by atoms with E-state index >= 15 is 0 Å². The Morgan fingerprint density at radius 1 is 0.932 bits per heavy atom. The monoisotopic (exact) mass is 621 g/mol. The van der Waals surface area contributed by atoms with Crippen molar-refractivity contribution in [2.24, 2.45) is 21.0 Å². The number of carbonyl (C=O) groups excluding carboxylic acids is 2. The Kier molecular flexibility index (Phi) is 7.58. The molecule has 0 radical (unpaired) electrons. The molecular weight excluding hydrogens is 593 g/mol. The van der Waals surface area contributed by atoms with Gasteiger partial charge >= 0.3 is 6.18 Å². The molecule has 0 aliphatic carbocycles. The van der Waals surface area contributed by atoms with Crippen LogP contribution in [0.4, 0.5) is 22.0 Å². The highest BCUT2D eigenvalue weighted by Gasteiger charge is 2.46. The van der Waals surface area contributed by atoms with Crippen LogP contribution in [0.3, 0.4) is 0 Å². The van der Waals surface area contributed by atoms with Crippen molar-refractivity contribution in [3.8, 4) is 11.6 Å². The van der Waals surface area contributed by atoms with Crippen LogP contribution in [-0.2, 0) is 15.8 Å². The maximum absolute atomic E-state index is 14.8. The topological polar surface area (TPSA) is 123 Å². The molecule has 234 valence electrons. The van der Waals surface area contributed by atoms with Crippen LogP contribution in [-0.4, -0.2) is 63.1 Å². The minimum atomic E-state index is -4.80. The molecule has 2 aliphatic rings. The van der Waals surface area contributed by atoms with Crippen molar-refractivity contribution in [2.75, 3.05) is 20.3 Å². The Labute approximate surface area is 247 Å². The molecule has 0 fully saturated rings. The first kappa shape index (κ1) is 30.8. The number of pyridine rings is 1. The Morgan fingerprint density at radius 2 is 1.64 bits per heavy atom. The van der Waals surface area contributed by atoms with Crippen LogP contribution in [0.2, 0.25) is 0 Å². The molecular formula is C28H28F5N7O4. The van der Waals surface area contributed by atoms with E-state index in [2.05, 4.69) is 25.7 Å². The number of hydrogen-bond donors (Lipinski definition) is 1. The number of nitrogens with one attached hydrogen (secondary N) is 1. The molecule has 11 nitrogen and oxygen atoms in total. The third-order valence-corrected chi connectivity index (χ3v) is 7.50. The number of amides is 2. The molecule has 2 aliphatic heterocycles. The number of aromatic nitrogens is 3. The van der Waals surface area contributed by atoms with Gasteiger partial charge in [-0.05, 0) is 58.7 Å². The van der Waals surface area contributed by atoms with E-state index in [4.69, 9.17) is 9.47 Å². The molecule has 0 atom stereocenters. The van der Waals surface area contributed by atoms with Gasteiger partial charge in [-0.15, -0.1) is 5.10 Å². The number of carbonyl (C=O) groups is 2. The normalized spacial score (nSPS) is 17.6. The minimum absolute atomic E-state index is 0.0107. The lowest BCUT2D eigenvalue weighted by Gasteiger charge is -2.20. The van der Waals surface area contributed by atoms with Gasteiger partial charge in [0.05, 0.1) is 36.0 Å².